The minimum absolute atomic E-state index is 0.0665. The lowest BCUT2D eigenvalue weighted by atomic mass is 9.83. The van der Waals surface area contributed by atoms with Gasteiger partial charge < -0.3 is 19.9 Å². The van der Waals surface area contributed by atoms with Gasteiger partial charge in [0.15, 0.2) is 5.60 Å². The molecule has 3 heterocycles. The molecule has 2 aromatic rings. The van der Waals surface area contributed by atoms with E-state index in [2.05, 4.69) is 26.3 Å². The number of halogens is 4. The molecule has 12 heteroatoms. The highest BCUT2D eigenvalue weighted by molar-refractivity contribution is 6.33. The number of ether oxygens (including phenoxy) is 2. The number of nitrogens with one attached hydrogen (secondary N) is 1. The second-order valence-electron chi connectivity index (χ2n) is 10.8. The van der Waals surface area contributed by atoms with Gasteiger partial charge in [-0.05, 0) is 63.9 Å². The molecule has 0 aromatic carbocycles. The Morgan fingerprint density at radius 2 is 1.92 bits per heavy atom. The highest BCUT2D eigenvalue weighted by Gasteiger charge is 2.49. The van der Waals surface area contributed by atoms with Crippen LogP contribution in [0, 0.1) is 22.7 Å². The zero-order valence-electron chi connectivity index (χ0n) is 21.8. The fourth-order valence-electron chi connectivity index (χ4n) is 4.91. The zero-order chi connectivity index (χ0) is 28.1. The van der Waals surface area contributed by atoms with Crippen molar-refractivity contribution in [3.8, 4) is 23.2 Å². The molecule has 1 saturated carbocycles. The summed E-state index contributed by atoms with van der Waals surface area (Å²) in [5.41, 5.74) is -1.32. The first kappa shape index (κ1) is 29.5. The summed E-state index contributed by atoms with van der Waals surface area (Å²) in [5, 5.41) is 22.6. The first-order valence-corrected chi connectivity index (χ1v) is 13.5. The maximum atomic E-state index is 12.9. The molecule has 0 bridgehead atoms. The van der Waals surface area contributed by atoms with Gasteiger partial charge in [0, 0.05) is 43.3 Å². The zero-order valence-corrected chi connectivity index (χ0v) is 22.6. The Balaban J connectivity index is 1.34. The number of rotatable bonds is 9. The number of nitriles is 1. The van der Waals surface area contributed by atoms with Crippen LogP contribution in [0.4, 0.5) is 13.2 Å². The molecule has 0 amide bonds. The van der Waals surface area contributed by atoms with Crippen LogP contribution in [-0.2, 0) is 11.2 Å². The molecule has 2 aromatic heterocycles. The van der Waals surface area contributed by atoms with Crippen LogP contribution < -0.4 is 10.1 Å². The van der Waals surface area contributed by atoms with Gasteiger partial charge in [0.1, 0.15) is 6.61 Å². The average Bonchev–Trinajstić information content (AvgIpc) is 2.93. The highest BCUT2D eigenvalue weighted by atomic mass is 35.5. The van der Waals surface area contributed by atoms with Crippen molar-refractivity contribution in [3.63, 3.8) is 0 Å². The highest BCUT2D eigenvalue weighted by Crippen LogP contribution is 2.34. The van der Waals surface area contributed by atoms with Crippen molar-refractivity contribution in [2.45, 2.75) is 69.7 Å². The van der Waals surface area contributed by atoms with E-state index in [1.807, 2.05) is 6.07 Å². The molecule has 8 nitrogen and oxygen atoms in total. The normalized spacial score (nSPS) is 23.0. The number of alkyl halides is 3. The summed E-state index contributed by atoms with van der Waals surface area (Å²) in [5.74, 6) is 0.633. The fourth-order valence-corrected chi connectivity index (χ4v) is 5.11. The fraction of sp³-hybridized carbons (Fsp3) is 0.630. The van der Waals surface area contributed by atoms with Gasteiger partial charge in [0.05, 0.1) is 34.6 Å². The molecule has 1 atom stereocenters. The van der Waals surface area contributed by atoms with Gasteiger partial charge >= 0.3 is 6.18 Å². The topological polar surface area (TPSA) is 113 Å². The van der Waals surface area contributed by atoms with Gasteiger partial charge in [0.2, 0.25) is 5.88 Å². The molecule has 4 rings (SSSR count). The lowest BCUT2D eigenvalue weighted by Crippen LogP contribution is -2.52. The molecule has 1 aliphatic heterocycles. The van der Waals surface area contributed by atoms with Gasteiger partial charge in [-0.25, -0.2) is 4.98 Å². The Kier molecular flexibility index (Phi) is 9.32. The van der Waals surface area contributed by atoms with E-state index < -0.39 is 23.7 Å². The SMILES string of the molecule is C[C@@](O)(CNC1CCC(Cc2cc(-c3cncc(OCC4(C#N)CCOCC4)n3)c(Cl)cn2)CC1)C(F)(F)F. The largest absolute Gasteiger partial charge is 0.475 e. The van der Waals surface area contributed by atoms with Crippen molar-refractivity contribution in [2.24, 2.45) is 11.3 Å². The minimum atomic E-state index is -4.67. The minimum Gasteiger partial charge on any atom is -0.475 e. The number of aliphatic hydroxyl groups is 1. The molecule has 1 saturated heterocycles. The second kappa shape index (κ2) is 12.3. The van der Waals surface area contributed by atoms with Crippen molar-refractivity contribution >= 4 is 11.6 Å². The van der Waals surface area contributed by atoms with Crippen LogP contribution in [0.15, 0.2) is 24.7 Å². The van der Waals surface area contributed by atoms with Crippen LogP contribution in [0.2, 0.25) is 5.02 Å². The molecule has 2 fully saturated rings. The Morgan fingerprint density at radius 1 is 1.21 bits per heavy atom. The lowest BCUT2D eigenvalue weighted by molar-refractivity contribution is -0.250. The molecule has 39 heavy (non-hydrogen) atoms. The molecule has 0 spiro atoms. The first-order valence-electron chi connectivity index (χ1n) is 13.1. The van der Waals surface area contributed by atoms with E-state index in [-0.39, 0.29) is 12.6 Å². The van der Waals surface area contributed by atoms with Crippen LogP contribution in [0.25, 0.3) is 11.3 Å². The van der Waals surface area contributed by atoms with E-state index in [1.165, 1.54) is 6.20 Å². The van der Waals surface area contributed by atoms with Crippen LogP contribution in [-0.4, -0.2) is 64.2 Å². The molecule has 1 aliphatic carbocycles. The standard InChI is InChI=1S/C27H33ClF3N5O3/c1-25(37,27(29,30)31)16-35-19-4-2-18(3-5-19)10-20-11-21(22(28)12-34-20)23-13-33-14-24(36-23)39-17-26(15-32)6-8-38-9-7-26/h11-14,18-19,35,37H,2-10,16-17H2,1H3/t18?,19?,25-/m1/s1. The molecule has 0 radical (unpaired) electrons. The van der Waals surface area contributed by atoms with Gasteiger partial charge in [-0.1, -0.05) is 11.6 Å². The third kappa shape index (κ3) is 7.57. The maximum absolute atomic E-state index is 12.9. The van der Waals surface area contributed by atoms with E-state index >= 15 is 0 Å². The summed E-state index contributed by atoms with van der Waals surface area (Å²) in [4.78, 5) is 13.3. The van der Waals surface area contributed by atoms with Crippen molar-refractivity contribution < 1.29 is 27.8 Å². The summed E-state index contributed by atoms with van der Waals surface area (Å²) < 4.78 is 50.0. The number of hydrogen-bond acceptors (Lipinski definition) is 8. The lowest BCUT2D eigenvalue weighted by Gasteiger charge is -2.33. The Hall–Kier alpha value is -2.52. The first-order chi connectivity index (χ1) is 18.5. The predicted octanol–water partition coefficient (Wildman–Crippen LogP) is 4.90. The van der Waals surface area contributed by atoms with Gasteiger partial charge in [-0.2, -0.15) is 18.4 Å². The third-order valence-electron chi connectivity index (χ3n) is 7.67. The molecule has 212 valence electrons. The summed E-state index contributed by atoms with van der Waals surface area (Å²) >= 11 is 6.46. The van der Waals surface area contributed by atoms with Gasteiger partial charge in [-0.15, -0.1) is 0 Å². The molecule has 0 unspecified atom stereocenters. The second-order valence-corrected chi connectivity index (χ2v) is 11.2. The van der Waals surface area contributed by atoms with Gasteiger partial charge in [-0.3, -0.25) is 9.97 Å². The van der Waals surface area contributed by atoms with Crippen LogP contribution in [0.1, 0.15) is 51.1 Å². The van der Waals surface area contributed by atoms with Crippen LogP contribution in [0.3, 0.4) is 0 Å². The number of aromatic nitrogens is 3. The van der Waals surface area contributed by atoms with Gasteiger partial charge in [0.25, 0.3) is 0 Å². The van der Waals surface area contributed by atoms with E-state index in [0.29, 0.717) is 60.6 Å². The summed E-state index contributed by atoms with van der Waals surface area (Å²) in [7, 11) is 0. The smallest absolute Gasteiger partial charge is 0.418 e. The van der Waals surface area contributed by atoms with Crippen molar-refractivity contribution in [2.75, 3.05) is 26.4 Å². The monoisotopic (exact) mass is 567 g/mol. The molecule has 2 N–H and O–H groups in total. The van der Waals surface area contributed by atoms with E-state index in [4.69, 9.17) is 21.1 Å². The number of nitrogens with zero attached hydrogens (tertiary/aromatic N) is 4. The Labute approximate surface area is 230 Å². The summed E-state index contributed by atoms with van der Waals surface area (Å²) in [6.07, 6.45) is 5.03. The van der Waals surface area contributed by atoms with Crippen LogP contribution in [0.5, 0.6) is 5.88 Å². The van der Waals surface area contributed by atoms with E-state index in [1.54, 1.807) is 12.4 Å². The Morgan fingerprint density at radius 3 is 2.59 bits per heavy atom. The summed E-state index contributed by atoms with van der Waals surface area (Å²) in [6.45, 7) is 1.51. The third-order valence-corrected chi connectivity index (χ3v) is 7.98. The molecular formula is C27H33ClF3N5O3. The summed E-state index contributed by atoms with van der Waals surface area (Å²) in [6, 6.07) is 4.19. The van der Waals surface area contributed by atoms with E-state index in [0.717, 1.165) is 38.3 Å². The molecule has 2 aliphatic rings. The van der Waals surface area contributed by atoms with Crippen LogP contribution >= 0.6 is 11.6 Å². The van der Waals surface area contributed by atoms with Crippen molar-refractivity contribution in [1.29, 1.82) is 5.26 Å². The number of pyridine rings is 1. The maximum Gasteiger partial charge on any atom is 0.418 e. The quantitative estimate of drug-likeness (QED) is 0.440. The predicted molar refractivity (Wildman–Crippen MR) is 138 cm³/mol. The van der Waals surface area contributed by atoms with E-state index in [9.17, 15) is 23.5 Å². The number of hydrogen-bond donors (Lipinski definition) is 2. The van der Waals surface area contributed by atoms with Crippen molar-refractivity contribution in [1.82, 2.24) is 20.3 Å². The molecular weight excluding hydrogens is 535 g/mol. The van der Waals surface area contributed by atoms with Crippen molar-refractivity contribution in [3.05, 3.63) is 35.4 Å². The Bertz CT molecular complexity index is 1160. The average molecular weight is 568 g/mol.